The van der Waals surface area contributed by atoms with E-state index in [0.717, 1.165) is 10.5 Å². The minimum absolute atomic E-state index is 0.0272. The van der Waals surface area contributed by atoms with Crippen molar-refractivity contribution in [3.63, 3.8) is 0 Å². The number of nitrogens with one attached hydrogen (secondary N) is 1. The standard InChI is InChI=1S/C15H15ClF2N2S/c16-14-6-1-10(8-15(14)18)7-12(20-19)9-21-13-4-2-11(17)3-5-13/h1-6,8,12,20H,7,9,19H2. The van der Waals surface area contributed by atoms with Gasteiger partial charge in [0.15, 0.2) is 0 Å². The average molecular weight is 329 g/mol. The second kappa shape index (κ2) is 7.75. The van der Waals surface area contributed by atoms with Crippen LogP contribution in [0.2, 0.25) is 5.02 Å². The Kier molecular flexibility index (Phi) is 5.99. The lowest BCUT2D eigenvalue weighted by atomic mass is 10.1. The van der Waals surface area contributed by atoms with E-state index in [1.807, 2.05) is 0 Å². The van der Waals surface area contributed by atoms with Crippen LogP contribution in [-0.4, -0.2) is 11.8 Å². The van der Waals surface area contributed by atoms with Gasteiger partial charge in [0.05, 0.1) is 5.02 Å². The number of rotatable bonds is 6. The highest BCUT2D eigenvalue weighted by molar-refractivity contribution is 7.99. The fourth-order valence-corrected chi connectivity index (χ4v) is 2.90. The first-order valence-electron chi connectivity index (χ1n) is 6.37. The molecular formula is C15H15ClF2N2S. The Morgan fingerprint density at radius 2 is 1.86 bits per heavy atom. The summed E-state index contributed by atoms with van der Waals surface area (Å²) in [6.45, 7) is 0. The van der Waals surface area contributed by atoms with E-state index in [9.17, 15) is 8.78 Å². The smallest absolute Gasteiger partial charge is 0.142 e. The van der Waals surface area contributed by atoms with Crippen LogP contribution in [0.3, 0.4) is 0 Å². The number of hydrazine groups is 1. The van der Waals surface area contributed by atoms with E-state index in [1.165, 1.54) is 24.3 Å². The van der Waals surface area contributed by atoms with Gasteiger partial charge in [-0.3, -0.25) is 11.3 Å². The summed E-state index contributed by atoms with van der Waals surface area (Å²) in [5, 5.41) is 0.108. The summed E-state index contributed by atoms with van der Waals surface area (Å²) in [5.41, 5.74) is 3.53. The van der Waals surface area contributed by atoms with Gasteiger partial charge in [0.1, 0.15) is 11.6 Å². The van der Waals surface area contributed by atoms with Crippen molar-refractivity contribution < 1.29 is 8.78 Å². The van der Waals surface area contributed by atoms with Crippen molar-refractivity contribution in [2.75, 3.05) is 5.75 Å². The molecule has 0 spiro atoms. The molecule has 0 aromatic heterocycles. The molecule has 0 aliphatic rings. The molecule has 0 fully saturated rings. The van der Waals surface area contributed by atoms with Crippen molar-refractivity contribution in [3.8, 4) is 0 Å². The molecule has 1 unspecified atom stereocenters. The topological polar surface area (TPSA) is 38.0 Å². The van der Waals surface area contributed by atoms with Crippen LogP contribution in [0.1, 0.15) is 5.56 Å². The minimum Gasteiger partial charge on any atom is -0.271 e. The van der Waals surface area contributed by atoms with Gasteiger partial charge in [-0.15, -0.1) is 11.8 Å². The third-order valence-corrected chi connectivity index (χ3v) is 4.45. The molecule has 0 amide bonds. The average Bonchev–Trinajstić information content (AvgIpc) is 2.49. The number of halogens is 3. The summed E-state index contributed by atoms with van der Waals surface area (Å²) >= 11 is 7.21. The lowest BCUT2D eigenvalue weighted by Gasteiger charge is -2.15. The highest BCUT2D eigenvalue weighted by atomic mass is 35.5. The zero-order valence-electron chi connectivity index (χ0n) is 11.2. The summed E-state index contributed by atoms with van der Waals surface area (Å²) in [6.07, 6.45) is 0.582. The molecule has 2 aromatic rings. The molecule has 0 aliphatic carbocycles. The maximum atomic E-state index is 13.4. The summed E-state index contributed by atoms with van der Waals surface area (Å²) in [6, 6.07) is 11.0. The number of nitrogens with two attached hydrogens (primary N) is 1. The Morgan fingerprint density at radius 1 is 1.14 bits per heavy atom. The lowest BCUT2D eigenvalue weighted by molar-refractivity contribution is 0.570. The van der Waals surface area contributed by atoms with Gasteiger partial charge in [-0.2, -0.15) is 0 Å². The van der Waals surface area contributed by atoms with E-state index in [-0.39, 0.29) is 16.9 Å². The lowest BCUT2D eigenvalue weighted by Crippen LogP contribution is -2.38. The van der Waals surface area contributed by atoms with Gasteiger partial charge in [-0.1, -0.05) is 17.7 Å². The molecule has 2 nitrogen and oxygen atoms in total. The molecule has 0 bridgehead atoms. The van der Waals surface area contributed by atoms with E-state index in [1.54, 1.807) is 30.0 Å². The second-order valence-electron chi connectivity index (χ2n) is 4.58. The molecule has 0 heterocycles. The van der Waals surface area contributed by atoms with Crippen LogP contribution in [-0.2, 0) is 6.42 Å². The fourth-order valence-electron chi connectivity index (χ4n) is 1.84. The van der Waals surface area contributed by atoms with Gasteiger partial charge >= 0.3 is 0 Å². The molecule has 21 heavy (non-hydrogen) atoms. The number of hydrogen-bond donors (Lipinski definition) is 2. The maximum absolute atomic E-state index is 13.4. The van der Waals surface area contributed by atoms with Crippen LogP contribution in [0.4, 0.5) is 8.78 Å². The Bertz CT molecular complexity index is 593. The van der Waals surface area contributed by atoms with Crippen molar-refractivity contribution >= 4 is 23.4 Å². The zero-order chi connectivity index (χ0) is 15.2. The molecule has 6 heteroatoms. The first-order chi connectivity index (χ1) is 10.1. The Balaban J connectivity index is 1.93. The van der Waals surface area contributed by atoms with Crippen molar-refractivity contribution in [2.24, 2.45) is 5.84 Å². The first kappa shape index (κ1) is 16.2. The monoisotopic (exact) mass is 328 g/mol. The van der Waals surface area contributed by atoms with E-state index < -0.39 is 5.82 Å². The maximum Gasteiger partial charge on any atom is 0.142 e. The van der Waals surface area contributed by atoms with Crippen LogP contribution in [0.15, 0.2) is 47.4 Å². The minimum atomic E-state index is -0.434. The summed E-state index contributed by atoms with van der Waals surface area (Å²) < 4.78 is 26.2. The molecular weight excluding hydrogens is 314 g/mol. The van der Waals surface area contributed by atoms with E-state index in [2.05, 4.69) is 5.43 Å². The zero-order valence-corrected chi connectivity index (χ0v) is 12.7. The van der Waals surface area contributed by atoms with E-state index in [4.69, 9.17) is 17.4 Å². The van der Waals surface area contributed by atoms with Crippen LogP contribution < -0.4 is 11.3 Å². The van der Waals surface area contributed by atoms with Crippen molar-refractivity contribution in [3.05, 3.63) is 64.7 Å². The van der Waals surface area contributed by atoms with E-state index >= 15 is 0 Å². The van der Waals surface area contributed by atoms with Crippen LogP contribution in [0, 0.1) is 11.6 Å². The summed E-state index contributed by atoms with van der Waals surface area (Å²) in [4.78, 5) is 0.957. The number of benzene rings is 2. The second-order valence-corrected chi connectivity index (χ2v) is 6.08. The van der Waals surface area contributed by atoms with E-state index in [0.29, 0.717) is 12.2 Å². The van der Waals surface area contributed by atoms with Crippen molar-refractivity contribution in [1.82, 2.24) is 5.43 Å². The molecule has 0 saturated heterocycles. The molecule has 112 valence electrons. The number of thioether (sulfide) groups is 1. The van der Waals surface area contributed by atoms with Crippen molar-refractivity contribution in [2.45, 2.75) is 17.4 Å². The third-order valence-electron chi connectivity index (χ3n) is 2.97. The third kappa shape index (κ3) is 4.97. The molecule has 3 N–H and O–H groups in total. The highest BCUT2D eigenvalue weighted by Gasteiger charge is 2.10. The largest absolute Gasteiger partial charge is 0.271 e. The predicted octanol–water partition coefficient (Wildman–Crippen LogP) is 3.78. The molecule has 2 aromatic carbocycles. The van der Waals surface area contributed by atoms with Crippen LogP contribution in [0.5, 0.6) is 0 Å². The Morgan fingerprint density at radius 3 is 2.48 bits per heavy atom. The highest BCUT2D eigenvalue weighted by Crippen LogP contribution is 2.21. The van der Waals surface area contributed by atoms with Crippen LogP contribution in [0.25, 0.3) is 0 Å². The van der Waals surface area contributed by atoms with Crippen molar-refractivity contribution in [1.29, 1.82) is 0 Å². The normalized spacial score (nSPS) is 12.4. The Labute approximate surface area is 131 Å². The molecule has 1 atom stereocenters. The summed E-state index contributed by atoms with van der Waals surface area (Å²) in [5.74, 6) is 5.53. The van der Waals surface area contributed by atoms with Crippen LogP contribution >= 0.6 is 23.4 Å². The quantitative estimate of drug-likeness (QED) is 0.481. The van der Waals surface area contributed by atoms with Gasteiger partial charge < -0.3 is 0 Å². The SMILES string of the molecule is NNC(CSc1ccc(F)cc1)Cc1ccc(Cl)c(F)c1. The fraction of sp³-hybridized carbons (Fsp3) is 0.200. The Hall–Kier alpha value is -1.14. The molecule has 0 radical (unpaired) electrons. The molecule has 0 aliphatic heterocycles. The first-order valence-corrected chi connectivity index (χ1v) is 7.73. The summed E-state index contributed by atoms with van der Waals surface area (Å²) in [7, 11) is 0. The predicted molar refractivity (Wildman–Crippen MR) is 83.3 cm³/mol. The molecule has 2 rings (SSSR count). The molecule has 0 saturated carbocycles. The van der Waals surface area contributed by atoms with Gasteiger partial charge in [-0.05, 0) is 48.4 Å². The van der Waals surface area contributed by atoms with Gasteiger partial charge in [0.2, 0.25) is 0 Å². The number of hydrogen-bond acceptors (Lipinski definition) is 3. The van der Waals surface area contributed by atoms with Gasteiger partial charge in [0.25, 0.3) is 0 Å². The van der Waals surface area contributed by atoms with Gasteiger partial charge in [-0.25, -0.2) is 8.78 Å². The van der Waals surface area contributed by atoms with Gasteiger partial charge in [0, 0.05) is 16.7 Å².